The van der Waals surface area contributed by atoms with Crippen LogP contribution in [-0.4, -0.2) is 34.9 Å². The van der Waals surface area contributed by atoms with Gasteiger partial charge in [0.15, 0.2) is 0 Å². The van der Waals surface area contributed by atoms with Crippen LogP contribution in [0, 0.1) is 10.1 Å². The average molecular weight is 294 g/mol. The molecule has 0 spiro atoms. The number of nitrogen functional groups attached to an aromatic ring is 1. The summed E-state index contributed by atoms with van der Waals surface area (Å²) in [6.07, 6.45) is 0. The van der Waals surface area contributed by atoms with Crippen molar-refractivity contribution in [1.82, 2.24) is 10.2 Å². The molecule has 0 atom stereocenters. The van der Waals surface area contributed by atoms with Crippen LogP contribution in [0.2, 0.25) is 0 Å². The predicted octanol–water partition coefficient (Wildman–Crippen LogP) is 1.52. The number of amides is 1. The lowest BCUT2D eigenvalue weighted by molar-refractivity contribution is -0.384. The number of carbonyl (C=O) groups is 1. The van der Waals surface area contributed by atoms with Gasteiger partial charge in [0.05, 0.1) is 11.5 Å². The van der Waals surface area contributed by atoms with Gasteiger partial charge in [0, 0.05) is 18.7 Å². The van der Waals surface area contributed by atoms with Gasteiger partial charge in [0.2, 0.25) is 5.91 Å². The van der Waals surface area contributed by atoms with Crippen molar-refractivity contribution in [2.75, 3.05) is 18.8 Å². The van der Waals surface area contributed by atoms with Gasteiger partial charge < -0.3 is 11.1 Å². The molecule has 0 saturated heterocycles. The lowest BCUT2D eigenvalue weighted by atomic mass is 10.1. The fraction of sp³-hybridized carbons (Fsp3) is 0.500. The maximum Gasteiger partial charge on any atom is 0.292 e. The van der Waals surface area contributed by atoms with Crippen molar-refractivity contribution in [2.24, 2.45) is 0 Å². The number of anilines is 1. The first-order valence-corrected chi connectivity index (χ1v) is 6.88. The molecular formula is C14H22N4O3. The van der Waals surface area contributed by atoms with E-state index in [9.17, 15) is 14.9 Å². The number of nitro groups is 1. The Hall–Kier alpha value is -2.15. The maximum absolute atomic E-state index is 11.8. The van der Waals surface area contributed by atoms with Crippen molar-refractivity contribution in [3.8, 4) is 0 Å². The Morgan fingerprint density at radius 2 is 2.14 bits per heavy atom. The molecule has 1 amide bonds. The molecule has 0 aliphatic rings. The Labute approximate surface area is 124 Å². The minimum atomic E-state index is -0.499. The van der Waals surface area contributed by atoms with Crippen molar-refractivity contribution in [3.63, 3.8) is 0 Å². The highest BCUT2D eigenvalue weighted by atomic mass is 16.6. The quantitative estimate of drug-likeness (QED) is 0.451. The lowest BCUT2D eigenvalue weighted by Crippen LogP contribution is -2.39. The van der Waals surface area contributed by atoms with Crippen molar-refractivity contribution < 1.29 is 9.72 Å². The molecule has 3 N–H and O–H groups in total. The standard InChI is InChI=1S/C14H22N4O3/c1-4-17(9-13(19)16-10(2)3)8-11-6-5-7-12(14(11)15)18(20)21/h5-7,10H,4,8-9,15H2,1-3H3,(H,16,19). The van der Waals surface area contributed by atoms with E-state index in [1.807, 2.05) is 25.7 Å². The van der Waals surface area contributed by atoms with Crippen LogP contribution >= 0.6 is 0 Å². The normalized spacial score (nSPS) is 10.9. The highest BCUT2D eigenvalue weighted by Crippen LogP contribution is 2.25. The van der Waals surface area contributed by atoms with Gasteiger partial charge in [-0.3, -0.25) is 19.8 Å². The topological polar surface area (TPSA) is 102 Å². The molecule has 1 rings (SSSR count). The van der Waals surface area contributed by atoms with Gasteiger partial charge in [0.25, 0.3) is 5.69 Å². The van der Waals surface area contributed by atoms with Crippen LogP contribution in [0.25, 0.3) is 0 Å². The minimum absolute atomic E-state index is 0.0733. The van der Waals surface area contributed by atoms with Gasteiger partial charge in [-0.05, 0) is 26.0 Å². The number of nitro benzene ring substituents is 1. The number of likely N-dealkylation sites (N-methyl/N-ethyl adjacent to an activating group) is 1. The summed E-state index contributed by atoms with van der Waals surface area (Å²) in [5.74, 6) is -0.0733. The molecule has 7 nitrogen and oxygen atoms in total. The van der Waals surface area contributed by atoms with Crippen LogP contribution in [0.15, 0.2) is 18.2 Å². The molecule has 21 heavy (non-hydrogen) atoms. The third-order valence-corrected chi connectivity index (χ3v) is 3.03. The second kappa shape index (κ2) is 7.58. The second-order valence-electron chi connectivity index (χ2n) is 5.13. The molecule has 0 bridgehead atoms. The van der Waals surface area contributed by atoms with Gasteiger partial charge >= 0.3 is 0 Å². The van der Waals surface area contributed by atoms with Crippen LogP contribution in [-0.2, 0) is 11.3 Å². The van der Waals surface area contributed by atoms with Crippen LogP contribution < -0.4 is 11.1 Å². The number of nitrogens with zero attached hydrogens (tertiary/aromatic N) is 2. The summed E-state index contributed by atoms with van der Waals surface area (Å²) >= 11 is 0. The molecule has 1 aromatic carbocycles. The number of nitrogens with two attached hydrogens (primary N) is 1. The van der Waals surface area contributed by atoms with E-state index in [2.05, 4.69) is 5.32 Å². The second-order valence-corrected chi connectivity index (χ2v) is 5.13. The molecule has 0 heterocycles. The van der Waals surface area contributed by atoms with E-state index >= 15 is 0 Å². The number of rotatable bonds is 7. The molecule has 0 radical (unpaired) electrons. The summed E-state index contributed by atoms with van der Waals surface area (Å²) < 4.78 is 0. The van der Waals surface area contributed by atoms with Crippen LogP contribution in [0.5, 0.6) is 0 Å². The molecule has 0 unspecified atom stereocenters. The predicted molar refractivity (Wildman–Crippen MR) is 81.7 cm³/mol. The molecule has 0 aliphatic heterocycles. The number of hydrogen-bond acceptors (Lipinski definition) is 5. The highest BCUT2D eigenvalue weighted by molar-refractivity contribution is 5.78. The zero-order valence-electron chi connectivity index (χ0n) is 12.6. The third-order valence-electron chi connectivity index (χ3n) is 3.03. The van der Waals surface area contributed by atoms with Crippen LogP contribution in [0.4, 0.5) is 11.4 Å². The number of hydrogen-bond donors (Lipinski definition) is 2. The van der Waals surface area contributed by atoms with Gasteiger partial charge in [-0.1, -0.05) is 19.1 Å². The first-order valence-electron chi connectivity index (χ1n) is 6.88. The smallest absolute Gasteiger partial charge is 0.292 e. The van der Waals surface area contributed by atoms with E-state index in [0.29, 0.717) is 18.7 Å². The number of para-hydroxylation sites is 1. The van der Waals surface area contributed by atoms with Gasteiger partial charge in [0.1, 0.15) is 5.69 Å². The summed E-state index contributed by atoms with van der Waals surface area (Å²) in [5.41, 5.74) is 6.54. The fourth-order valence-corrected chi connectivity index (χ4v) is 1.99. The first-order chi connectivity index (χ1) is 9.85. The zero-order valence-corrected chi connectivity index (χ0v) is 12.6. The first kappa shape index (κ1) is 16.9. The Morgan fingerprint density at radius 1 is 1.48 bits per heavy atom. The van der Waals surface area contributed by atoms with Crippen molar-refractivity contribution in [2.45, 2.75) is 33.4 Å². The largest absolute Gasteiger partial charge is 0.393 e. The molecule has 1 aromatic rings. The van der Waals surface area contributed by atoms with Crippen LogP contribution in [0.1, 0.15) is 26.3 Å². The van der Waals surface area contributed by atoms with E-state index in [4.69, 9.17) is 5.73 Å². The summed E-state index contributed by atoms with van der Waals surface area (Å²) in [6, 6.07) is 4.80. The Bertz CT molecular complexity index is 517. The lowest BCUT2D eigenvalue weighted by Gasteiger charge is -2.21. The van der Waals surface area contributed by atoms with Crippen molar-refractivity contribution >= 4 is 17.3 Å². The maximum atomic E-state index is 11.8. The Morgan fingerprint density at radius 3 is 2.67 bits per heavy atom. The summed E-state index contributed by atoms with van der Waals surface area (Å²) in [7, 11) is 0. The molecule has 0 aromatic heterocycles. The molecule has 116 valence electrons. The fourth-order valence-electron chi connectivity index (χ4n) is 1.99. The van der Waals surface area contributed by atoms with Gasteiger partial charge in [-0.15, -0.1) is 0 Å². The molecule has 0 fully saturated rings. The van der Waals surface area contributed by atoms with Crippen molar-refractivity contribution in [1.29, 1.82) is 0 Å². The van der Waals surface area contributed by atoms with E-state index in [0.717, 1.165) is 0 Å². The van der Waals surface area contributed by atoms with Crippen LogP contribution in [0.3, 0.4) is 0 Å². The molecule has 0 saturated carbocycles. The molecule has 0 aliphatic carbocycles. The summed E-state index contributed by atoms with van der Waals surface area (Å²) in [5, 5.41) is 13.7. The summed E-state index contributed by atoms with van der Waals surface area (Å²) in [4.78, 5) is 24.0. The summed E-state index contributed by atoms with van der Waals surface area (Å²) in [6.45, 7) is 7.00. The Balaban J connectivity index is 2.80. The minimum Gasteiger partial charge on any atom is -0.393 e. The average Bonchev–Trinajstić information content (AvgIpc) is 2.38. The van der Waals surface area contributed by atoms with E-state index in [1.165, 1.54) is 6.07 Å². The van der Waals surface area contributed by atoms with E-state index in [1.54, 1.807) is 12.1 Å². The van der Waals surface area contributed by atoms with E-state index in [-0.39, 0.29) is 29.9 Å². The zero-order chi connectivity index (χ0) is 16.0. The number of nitrogens with one attached hydrogen (secondary N) is 1. The molecule has 7 heteroatoms. The van der Waals surface area contributed by atoms with Gasteiger partial charge in [-0.2, -0.15) is 0 Å². The van der Waals surface area contributed by atoms with Gasteiger partial charge in [-0.25, -0.2) is 0 Å². The SMILES string of the molecule is CCN(CC(=O)NC(C)C)Cc1cccc([N+](=O)[O-])c1N. The Kier molecular flexibility index (Phi) is 6.10. The monoisotopic (exact) mass is 294 g/mol. The highest BCUT2D eigenvalue weighted by Gasteiger charge is 2.17. The number of benzene rings is 1. The third kappa shape index (κ3) is 5.03. The van der Waals surface area contributed by atoms with E-state index < -0.39 is 4.92 Å². The van der Waals surface area contributed by atoms with Crippen molar-refractivity contribution in [3.05, 3.63) is 33.9 Å². The molecular weight excluding hydrogens is 272 g/mol. The number of carbonyl (C=O) groups excluding carboxylic acids is 1.